The standard InChI is InChI=1S/C17H21F3N6/c18-13(19)7-26-15-12(5-22-26)21-6-14(23-15)25-3-1-24(2-4-25)11-16-8-17(20,9-16)10-16/h5-6,13H,1-4,7-11H2. The molecule has 1 aliphatic heterocycles. The summed E-state index contributed by atoms with van der Waals surface area (Å²) in [6, 6.07) is 0. The number of rotatable bonds is 5. The van der Waals surface area contributed by atoms with E-state index in [1.165, 1.54) is 10.9 Å². The average molecular weight is 366 g/mol. The van der Waals surface area contributed by atoms with Crippen LogP contribution in [0.1, 0.15) is 19.3 Å². The second kappa shape index (κ2) is 5.55. The quantitative estimate of drug-likeness (QED) is 0.811. The van der Waals surface area contributed by atoms with Crippen molar-refractivity contribution in [2.45, 2.75) is 37.9 Å². The molecular weight excluding hydrogens is 345 g/mol. The van der Waals surface area contributed by atoms with E-state index >= 15 is 0 Å². The average Bonchev–Trinajstić information content (AvgIpc) is 2.95. The lowest BCUT2D eigenvalue weighted by molar-refractivity contribution is -0.221. The first-order chi connectivity index (χ1) is 12.4. The molecule has 3 heterocycles. The predicted octanol–water partition coefficient (Wildman–Crippen LogP) is 2.11. The fourth-order valence-corrected chi connectivity index (χ4v) is 4.89. The third-order valence-electron chi connectivity index (χ3n) is 5.97. The van der Waals surface area contributed by atoms with Crippen molar-refractivity contribution >= 4 is 17.0 Å². The van der Waals surface area contributed by atoms with Crippen molar-refractivity contribution in [3.63, 3.8) is 0 Å². The smallest absolute Gasteiger partial charge is 0.258 e. The van der Waals surface area contributed by atoms with Gasteiger partial charge in [-0.2, -0.15) is 5.10 Å². The molecular formula is C17H21F3N6. The van der Waals surface area contributed by atoms with E-state index in [-0.39, 0.29) is 5.41 Å². The van der Waals surface area contributed by atoms with Crippen LogP contribution in [0.25, 0.3) is 11.2 Å². The third kappa shape index (κ3) is 2.64. The first-order valence-corrected chi connectivity index (χ1v) is 9.07. The highest BCUT2D eigenvalue weighted by atomic mass is 19.3. The molecule has 0 atom stereocenters. The van der Waals surface area contributed by atoms with E-state index in [0.717, 1.165) is 52.0 Å². The third-order valence-corrected chi connectivity index (χ3v) is 5.97. The van der Waals surface area contributed by atoms with Gasteiger partial charge in [0.2, 0.25) is 0 Å². The number of halogens is 3. The molecule has 2 bridgehead atoms. The van der Waals surface area contributed by atoms with Gasteiger partial charge in [-0.05, 0) is 24.7 Å². The Morgan fingerprint density at radius 1 is 1.08 bits per heavy atom. The predicted molar refractivity (Wildman–Crippen MR) is 90.1 cm³/mol. The Morgan fingerprint density at radius 2 is 1.81 bits per heavy atom. The summed E-state index contributed by atoms with van der Waals surface area (Å²) < 4.78 is 40.2. The van der Waals surface area contributed by atoms with Crippen molar-refractivity contribution in [3.05, 3.63) is 12.4 Å². The maximum Gasteiger partial charge on any atom is 0.258 e. The fourth-order valence-electron chi connectivity index (χ4n) is 4.89. The first-order valence-electron chi connectivity index (χ1n) is 9.07. The van der Waals surface area contributed by atoms with Gasteiger partial charge >= 0.3 is 0 Å². The zero-order valence-corrected chi connectivity index (χ0v) is 14.4. The number of hydrogen-bond donors (Lipinski definition) is 0. The molecule has 4 aliphatic rings. The molecule has 2 aromatic rings. The molecule has 140 valence electrons. The van der Waals surface area contributed by atoms with Gasteiger partial charge in [0, 0.05) is 32.7 Å². The number of aromatic nitrogens is 4. The van der Waals surface area contributed by atoms with Gasteiger partial charge in [0.25, 0.3) is 6.43 Å². The molecule has 4 fully saturated rings. The summed E-state index contributed by atoms with van der Waals surface area (Å²) in [6.07, 6.45) is 2.87. The maximum atomic E-state index is 13.7. The Labute approximate surface area is 149 Å². The number of fused-ring (bicyclic) bond motifs is 1. The van der Waals surface area contributed by atoms with Crippen LogP contribution < -0.4 is 4.90 Å². The van der Waals surface area contributed by atoms with Crippen molar-refractivity contribution in [1.82, 2.24) is 24.6 Å². The van der Waals surface area contributed by atoms with E-state index in [2.05, 4.69) is 24.9 Å². The topological polar surface area (TPSA) is 50.1 Å². The molecule has 0 amide bonds. The molecule has 0 spiro atoms. The van der Waals surface area contributed by atoms with Gasteiger partial charge in [0.1, 0.15) is 23.5 Å². The summed E-state index contributed by atoms with van der Waals surface area (Å²) in [7, 11) is 0. The number of anilines is 1. The second-order valence-corrected chi connectivity index (χ2v) is 8.10. The molecule has 3 saturated carbocycles. The molecule has 0 unspecified atom stereocenters. The first kappa shape index (κ1) is 16.3. The maximum absolute atomic E-state index is 13.7. The van der Waals surface area contributed by atoms with E-state index < -0.39 is 18.6 Å². The minimum absolute atomic E-state index is 0.234. The molecule has 0 N–H and O–H groups in total. The van der Waals surface area contributed by atoms with Crippen molar-refractivity contribution < 1.29 is 13.2 Å². The lowest BCUT2D eigenvalue weighted by Crippen LogP contribution is -2.68. The molecule has 0 aromatic carbocycles. The van der Waals surface area contributed by atoms with Crippen molar-refractivity contribution in [1.29, 1.82) is 0 Å². The summed E-state index contributed by atoms with van der Waals surface area (Å²) in [4.78, 5) is 13.4. The van der Waals surface area contributed by atoms with Crippen LogP contribution in [0.2, 0.25) is 0 Å². The summed E-state index contributed by atoms with van der Waals surface area (Å²) in [5, 5.41) is 3.95. The summed E-state index contributed by atoms with van der Waals surface area (Å²) in [6.45, 7) is 3.92. The van der Waals surface area contributed by atoms with Crippen LogP contribution in [0.4, 0.5) is 19.0 Å². The Hall–Kier alpha value is -1.90. The fraction of sp³-hybridized carbons (Fsp3) is 0.706. The van der Waals surface area contributed by atoms with Crippen LogP contribution in [0.5, 0.6) is 0 Å². The SMILES string of the molecule is FC(F)Cn1ncc2ncc(N3CCN(CC45CC(F)(C4)C5)CC3)nc21. The molecule has 1 saturated heterocycles. The minimum Gasteiger partial charge on any atom is -0.353 e. The Balaban J connectivity index is 1.24. The Kier molecular flexibility index (Phi) is 3.47. The minimum atomic E-state index is -2.48. The van der Waals surface area contributed by atoms with Gasteiger partial charge < -0.3 is 4.90 Å². The van der Waals surface area contributed by atoms with Crippen LogP contribution in [0.3, 0.4) is 0 Å². The summed E-state index contributed by atoms with van der Waals surface area (Å²) in [5.74, 6) is 0.696. The van der Waals surface area contributed by atoms with Crippen LogP contribution in [-0.2, 0) is 6.54 Å². The zero-order valence-electron chi connectivity index (χ0n) is 14.4. The van der Waals surface area contributed by atoms with Gasteiger partial charge in [-0.15, -0.1) is 0 Å². The summed E-state index contributed by atoms with van der Waals surface area (Å²) >= 11 is 0. The zero-order chi connectivity index (χ0) is 17.9. The highest BCUT2D eigenvalue weighted by molar-refractivity contribution is 5.71. The van der Waals surface area contributed by atoms with E-state index in [1.54, 1.807) is 6.20 Å². The number of alkyl halides is 3. The van der Waals surface area contributed by atoms with Crippen molar-refractivity contribution in [2.75, 3.05) is 37.6 Å². The number of nitrogens with zero attached hydrogens (tertiary/aromatic N) is 6. The van der Waals surface area contributed by atoms with Gasteiger partial charge in [-0.25, -0.2) is 27.8 Å². The number of piperazine rings is 1. The largest absolute Gasteiger partial charge is 0.353 e. The monoisotopic (exact) mass is 366 g/mol. The number of hydrogen-bond acceptors (Lipinski definition) is 5. The van der Waals surface area contributed by atoms with E-state index in [1.807, 2.05) is 0 Å². The summed E-state index contributed by atoms with van der Waals surface area (Å²) in [5.41, 5.74) is 0.315. The van der Waals surface area contributed by atoms with Crippen LogP contribution in [0, 0.1) is 5.41 Å². The van der Waals surface area contributed by atoms with Crippen LogP contribution in [0.15, 0.2) is 12.4 Å². The second-order valence-electron chi connectivity index (χ2n) is 8.10. The molecule has 6 nitrogen and oxygen atoms in total. The lowest BCUT2D eigenvalue weighted by atomic mass is 9.42. The van der Waals surface area contributed by atoms with E-state index in [9.17, 15) is 13.2 Å². The highest BCUT2D eigenvalue weighted by Crippen LogP contribution is 2.69. The lowest BCUT2D eigenvalue weighted by Gasteiger charge is -2.67. The van der Waals surface area contributed by atoms with Gasteiger partial charge in [0.15, 0.2) is 5.65 Å². The van der Waals surface area contributed by atoms with Gasteiger partial charge in [0.05, 0.1) is 12.4 Å². The van der Waals surface area contributed by atoms with E-state index in [0.29, 0.717) is 17.0 Å². The van der Waals surface area contributed by atoms with Gasteiger partial charge in [-0.1, -0.05) is 0 Å². The molecule has 26 heavy (non-hydrogen) atoms. The van der Waals surface area contributed by atoms with Crippen LogP contribution >= 0.6 is 0 Å². The normalized spacial score (nSPS) is 31.3. The van der Waals surface area contributed by atoms with Crippen LogP contribution in [-0.4, -0.2) is 69.5 Å². The van der Waals surface area contributed by atoms with Gasteiger partial charge in [-0.3, -0.25) is 4.90 Å². The molecule has 9 heteroatoms. The van der Waals surface area contributed by atoms with Crippen molar-refractivity contribution in [2.24, 2.45) is 5.41 Å². The van der Waals surface area contributed by atoms with Crippen molar-refractivity contribution in [3.8, 4) is 0 Å². The molecule has 6 rings (SSSR count). The van der Waals surface area contributed by atoms with E-state index in [4.69, 9.17) is 0 Å². The molecule has 0 radical (unpaired) electrons. The Bertz CT molecular complexity index is 809. The highest BCUT2D eigenvalue weighted by Gasteiger charge is 2.69. The Morgan fingerprint density at radius 3 is 2.46 bits per heavy atom. The molecule has 2 aromatic heterocycles. The molecule has 3 aliphatic carbocycles.